The van der Waals surface area contributed by atoms with Crippen LogP contribution in [0.2, 0.25) is 10.0 Å². The van der Waals surface area contributed by atoms with E-state index in [1.54, 1.807) is 49.6 Å². The van der Waals surface area contributed by atoms with Gasteiger partial charge in [-0.3, -0.25) is 4.98 Å². The van der Waals surface area contributed by atoms with Gasteiger partial charge in [-0.25, -0.2) is 4.79 Å². The molecule has 1 atom stereocenters. The molecule has 0 fully saturated rings. The third kappa shape index (κ3) is 3.39. The molecule has 0 radical (unpaired) electrons. The molecule has 0 saturated carbocycles. The van der Waals surface area contributed by atoms with Crippen molar-refractivity contribution in [2.24, 2.45) is 0 Å². The highest BCUT2D eigenvalue weighted by atomic mass is 35.5. The van der Waals surface area contributed by atoms with Crippen molar-refractivity contribution in [1.82, 2.24) is 15.1 Å². The van der Waals surface area contributed by atoms with Crippen LogP contribution in [0.5, 0.6) is 0 Å². The van der Waals surface area contributed by atoms with Crippen LogP contribution >= 0.6 is 23.2 Å². The predicted molar refractivity (Wildman–Crippen MR) is 87.8 cm³/mol. The summed E-state index contributed by atoms with van der Waals surface area (Å²) in [4.78, 5) is 20.5. The Bertz CT molecular complexity index is 848. The van der Waals surface area contributed by atoms with Gasteiger partial charge >= 0.3 is 5.97 Å². The molecule has 1 unspecified atom stereocenters. The van der Waals surface area contributed by atoms with Crippen LogP contribution in [0, 0.1) is 0 Å². The maximum Gasteiger partial charge on any atom is 0.341 e. The first-order valence-electron chi connectivity index (χ1n) is 6.95. The number of hydrogen-bond donors (Lipinski definition) is 0. The van der Waals surface area contributed by atoms with Gasteiger partial charge in [0.15, 0.2) is 6.10 Å². The number of halogens is 2. The first-order chi connectivity index (χ1) is 11.6. The van der Waals surface area contributed by atoms with Crippen molar-refractivity contribution in [3.05, 3.63) is 64.2 Å². The van der Waals surface area contributed by atoms with Gasteiger partial charge in [0.2, 0.25) is 5.82 Å². The molecule has 2 heterocycles. The summed E-state index contributed by atoms with van der Waals surface area (Å²) >= 11 is 12.0. The number of carbonyl (C=O) groups is 1. The predicted octanol–water partition coefficient (Wildman–Crippen LogP) is 4.36. The quantitative estimate of drug-likeness (QED) is 0.640. The first kappa shape index (κ1) is 16.4. The molecule has 0 aliphatic heterocycles. The molecule has 0 N–H and O–H groups in total. The normalized spacial score (nSPS) is 12.0. The molecule has 0 saturated heterocycles. The SMILES string of the molecule is CC(OC(=O)c1c(Cl)cccc1Cl)c1nc(-c2cccnc2)no1. The monoisotopic (exact) mass is 363 g/mol. The molecule has 3 rings (SSSR count). The van der Waals surface area contributed by atoms with Crippen LogP contribution in [-0.2, 0) is 4.74 Å². The third-order valence-electron chi connectivity index (χ3n) is 3.16. The second-order valence-corrected chi connectivity index (χ2v) is 5.66. The summed E-state index contributed by atoms with van der Waals surface area (Å²) in [5.74, 6) is -0.151. The Kier molecular flexibility index (Phi) is 4.78. The van der Waals surface area contributed by atoms with Gasteiger partial charge in [-0.05, 0) is 31.2 Å². The number of esters is 1. The third-order valence-corrected chi connectivity index (χ3v) is 3.79. The van der Waals surface area contributed by atoms with E-state index in [2.05, 4.69) is 15.1 Å². The molecule has 0 aliphatic rings. The Morgan fingerprint density at radius 1 is 1.21 bits per heavy atom. The van der Waals surface area contributed by atoms with Crippen molar-refractivity contribution >= 4 is 29.2 Å². The molecule has 2 aromatic heterocycles. The zero-order valence-corrected chi connectivity index (χ0v) is 14.0. The van der Waals surface area contributed by atoms with E-state index in [4.69, 9.17) is 32.5 Å². The lowest BCUT2D eigenvalue weighted by atomic mass is 10.2. The van der Waals surface area contributed by atoms with Gasteiger partial charge in [0.05, 0.1) is 15.6 Å². The summed E-state index contributed by atoms with van der Waals surface area (Å²) in [5, 5.41) is 4.27. The zero-order chi connectivity index (χ0) is 17.1. The van der Waals surface area contributed by atoms with E-state index in [1.807, 2.05) is 0 Å². The van der Waals surface area contributed by atoms with E-state index in [0.29, 0.717) is 11.4 Å². The maximum atomic E-state index is 12.3. The molecule has 1 aromatic carbocycles. The molecule has 0 spiro atoms. The van der Waals surface area contributed by atoms with Crippen molar-refractivity contribution in [2.75, 3.05) is 0 Å². The molecular formula is C16H11Cl2N3O3. The Hall–Kier alpha value is -2.44. The van der Waals surface area contributed by atoms with Crippen LogP contribution < -0.4 is 0 Å². The minimum absolute atomic E-state index is 0.0969. The number of aromatic nitrogens is 3. The zero-order valence-electron chi connectivity index (χ0n) is 12.4. The largest absolute Gasteiger partial charge is 0.449 e. The van der Waals surface area contributed by atoms with Gasteiger partial charge in [-0.1, -0.05) is 34.4 Å². The van der Waals surface area contributed by atoms with E-state index in [1.165, 1.54) is 0 Å². The fraction of sp³-hybridized carbons (Fsp3) is 0.125. The smallest absolute Gasteiger partial charge is 0.341 e. The van der Waals surface area contributed by atoms with Crippen LogP contribution in [-0.4, -0.2) is 21.1 Å². The molecule has 6 nitrogen and oxygen atoms in total. The van der Waals surface area contributed by atoms with Crippen LogP contribution in [0.1, 0.15) is 29.3 Å². The molecule has 0 amide bonds. The van der Waals surface area contributed by atoms with Crippen LogP contribution in [0.3, 0.4) is 0 Å². The second-order valence-electron chi connectivity index (χ2n) is 4.84. The van der Waals surface area contributed by atoms with Gasteiger partial charge in [0.25, 0.3) is 5.89 Å². The molecule has 0 bridgehead atoms. The molecule has 24 heavy (non-hydrogen) atoms. The summed E-state index contributed by atoms with van der Waals surface area (Å²) in [7, 11) is 0. The number of nitrogens with zero attached hydrogens (tertiary/aromatic N) is 3. The fourth-order valence-corrected chi connectivity index (χ4v) is 2.53. The van der Waals surface area contributed by atoms with E-state index >= 15 is 0 Å². The molecule has 0 aliphatic carbocycles. The summed E-state index contributed by atoms with van der Waals surface area (Å²) in [6, 6.07) is 8.31. The van der Waals surface area contributed by atoms with E-state index in [0.717, 1.165) is 0 Å². The summed E-state index contributed by atoms with van der Waals surface area (Å²) in [5.41, 5.74) is 0.792. The maximum absolute atomic E-state index is 12.3. The average Bonchev–Trinajstić information content (AvgIpc) is 3.05. The van der Waals surface area contributed by atoms with Crippen molar-refractivity contribution in [3.8, 4) is 11.4 Å². The molecule has 8 heteroatoms. The Morgan fingerprint density at radius 3 is 2.62 bits per heavy atom. The van der Waals surface area contributed by atoms with Gasteiger partial charge in [-0.15, -0.1) is 0 Å². The Balaban J connectivity index is 1.77. The van der Waals surface area contributed by atoms with Gasteiger partial charge in [0, 0.05) is 18.0 Å². The highest BCUT2D eigenvalue weighted by Gasteiger charge is 2.23. The average molecular weight is 364 g/mol. The van der Waals surface area contributed by atoms with Crippen LogP contribution in [0.25, 0.3) is 11.4 Å². The number of rotatable bonds is 4. The van der Waals surface area contributed by atoms with Crippen molar-refractivity contribution in [2.45, 2.75) is 13.0 Å². The van der Waals surface area contributed by atoms with E-state index in [9.17, 15) is 4.79 Å². The second kappa shape index (κ2) is 6.98. The fourth-order valence-electron chi connectivity index (χ4n) is 1.98. The number of pyridine rings is 1. The lowest BCUT2D eigenvalue weighted by Gasteiger charge is -2.11. The lowest BCUT2D eigenvalue weighted by molar-refractivity contribution is 0.0266. The van der Waals surface area contributed by atoms with Crippen molar-refractivity contribution in [1.29, 1.82) is 0 Å². The lowest BCUT2D eigenvalue weighted by Crippen LogP contribution is -2.10. The number of ether oxygens (including phenoxy) is 1. The number of benzene rings is 1. The van der Waals surface area contributed by atoms with E-state index in [-0.39, 0.29) is 21.5 Å². The van der Waals surface area contributed by atoms with Crippen LogP contribution in [0.15, 0.2) is 47.2 Å². The van der Waals surface area contributed by atoms with Crippen molar-refractivity contribution < 1.29 is 14.1 Å². The topological polar surface area (TPSA) is 78.1 Å². The standard InChI is InChI=1S/C16H11Cl2N3O3/c1-9(23-16(22)13-11(17)5-2-6-12(13)18)15-20-14(21-24-15)10-4-3-7-19-8-10/h2-9H,1H3. The molecular weight excluding hydrogens is 353 g/mol. The highest BCUT2D eigenvalue weighted by Crippen LogP contribution is 2.27. The van der Waals surface area contributed by atoms with Crippen LogP contribution in [0.4, 0.5) is 0 Å². The number of hydrogen-bond acceptors (Lipinski definition) is 6. The van der Waals surface area contributed by atoms with Gasteiger partial charge in [0.1, 0.15) is 0 Å². The first-order valence-corrected chi connectivity index (χ1v) is 7.71. The molecule has 122 valence electrons. The molecule has 3 aromatic rings. The minimum Gasteiger partial charge on any atom is -0.449 e. The van der Waals surface area contributed by atoms with E-state index < -0.39 is 12.1 Å². The van der Waals surface area contributed by atoms with Crippen molar-refractivity contribution in [3.63, 3.8) is 0 Å². The summed E-state index contributed by atoms with van der Waals surface area (Å²) < 4.78 is 10.5. The highest BCUT2D eigenvalue weighted by molar-refractivity contribution is 6.39. The summed E-state index contributed by atoms with van der Waals surface area (Å²) in [6.07, 6.45) is 2.49. The Morgan fingerprint density at radius 2 is 1.96 bits per heavy atom. The van der Waals surface area contributed by atoms with Gasteiger partial charge < -0.3 is 9.26 Å². The summed E-state index contributed by atoms with van der Waals surface area (Å²) in [6.45, 7) is 1.61. The Labute approximate surface area is 147 Å². The number of carbonyl (C=O) groups excluding carboxylic acids is 1. The minimum atomic E-state index is -0.761. The van der Waals surface area contributed by atoms with Gasteiger partial charge in [-0.2, -0.15) is 4.98 Å².